The Balaban J connectivity index is 2.26. The van der Waals surface area contributed by atoms with Crippen molar-refractivity contribution in [2.24, 2.45) is 0 Å². The van der Waals surface area contributed by atoms with Gasteiger partial charge in [0.05, 0.1) is 20.8 Å². The lowest BCUT2D eigenvalue weighted by molar-refractivity contribution is 1.44. The van der Waals surface area contributed by atoms with E-state index in [2.05, 4.69) is 30.1 Å². The maximum absolute atomic E-state index is 6.21. The maximum atomic E-state index is 6.21. The molecule has 3 aromatic rings. The van der Waals surface area contributed by atoms with Crippen molar-refractivity contribution in [2.75, 3.05) is 5.73 Å². The van der Waals surface area contributed by atoms with Gasteiger partial charge in [-0.15, -0.1) is 11.3 Å². The summed E-state index contributed by atoms with van der Waals surface area (Å²) in [4.78, 5) is 4.62. The van der Waals surface area contributed by atoms with Crippen molar-refractivity contribution in [1.29, 1.82) is 0 Å². The van der Waals surface area contributed by atoms with Gasteiger partial charge in [0.1, 0.15) is 5.01 Å². The molecule has 0 bridgehead atoms. The van der Waals surface area contributed by atoms with Gasteiger partial charge >= 0.3 is 0 Å². The van der Waals surface area contributed by atoms with Crippen LogP contribution in [-0.4, -0.2) is 4.98 Å². The summed E-state index contributed by atoms with van der Waals surface area (Å²) < 4.78 is 1.15. The lowest BCUT2D eigenvalue weighted by Gasteiger charge is -2.03. The van der Waals surface area contributed by atoms with Crippen molar-refractivity contribution in [3.05, 3.63) is 47.0 Å². The van der Waals surface area contributed by atoms with E-state index in [0.29, 0.717) is 10.7 Å². The highest BCUT2D eigenvalue weighted by molar-refractivity contribution is 7.21. The first kappa shape index (κ1) is 11.5. The number of nitrogens with zero attached hydrogens (tertiary/aromatic N) is 1. The Labute approximate surface area is 114 Å². The molecule has 3 rings (SSSR count). The van der Waals surface area contributed by atoms with E-state index in [9.17, 15) is 0 Å². The van der Waals surface area contributed by atoms with Crippen LogP contribution in [0.25, 0.3) is 20.8 Å². The minimum atomic E-state index is 0.644. The van der Waals surface area contributed by atoms with Crippen LogP contribution in [0.15, 0.2) is 36.4 Å². The van der Waals surface area contributed by atoms with Crippen molar-refractivity contribution < 1.29 is 0 Å². The predicted octanol–water partition coefficient (Wildman–Crippen LogP) is 4.51. The highest BCUT2D eigenvalue weighted by Gasteiger charge is 2.12. The molecule has 0 aliphatic rings. The third-order valence-electron chi connectivity index (χ3n) is 2.80. The lowest BCUT2D eigenvalue weighted by Crippen LogP contribution is -1.89. The van der Waals surface area contributed by atoms with Gasteiger partial charge in [0, 0.05) is 5.69 Å². The van der Waals surface area contributed by atoms with Gasteiger partial charge in [-0.05, 0) is 36.8 Å². The zero-order chi connectivity index (χ0) is 12.7. The molecule has 2 nitrogen and oxygen atoms in total. The Hall–Kier alpha value is -1.58. The Morgan fingerprint density at radius 1 is 1.22 bits per heavy atom. The van der Waals surface area contributed by atoms with Crippen LogP contribution in [-0.2, 0) is 0 Å². The lowest BCUT2D eigenvalue weighted by atomic mass is 10.2. The number of hydrogen-bond acceptors (Lipinski definition) is 3. The molecular weight excluding hydrogens is 264 g/mol. The van der Waals surface area contributed by atoms with E-state index in [0.717, 1.165) is 20.8 Å². The van der Waals surface area contributed by atoms with E-state index < -0.39 is 0 Å². The monoisotopic (exact) mass is 274 g/mol. The Morgan fingerprint density at radius 2 is 2.06 bits per heavy atom. The number of halogens is 1. The molecule has 1 aromatic heterocycles. The van der Waals surface area contributed by atoms with Crippen LogP contribution >= 0.6 is 22.9 Å². The van der Waals surface area contributed by atoms with Gasteiger partial charge in [-0.2, -0.15) is 0 Å². The van der Waals surface area contributed by atoms with Gasteiger partial charge < -0.3 is 5.73 Å². The largest absolute Gasteiger partial charge is 0.398 e. The summed E-state index contributed by atoms with van der Waals surface area (Å²) in [7, 11) is 0. The molecular formula is C14H11ClN2S. The molecule has 0 saturated carbocycles. The first-order valence-electron chi connectivity index (χ1n) is 5.57. The molecule has 4 heteroatoms. The predicted molar refractivity (Wildman–Crippen MR) is 79.2 cm³/mol. The van der Waals surface area contributed by atoms with Crippen LogP contribution in [0.4, 0.5) is 5.69 Å². The summed E-state index contributed by atoms with van der Waals surface area (Å²) in [5.74, 6) is 0. The summed E-state index contributed by atoms with van der Waals surface area (Å²) >= 11 is 7.82. The van der Waals surface area contributed by atoms with E-state index >= 15 is 0 Å². The summed E-state index contributed by atoms with van der Waals surface area (Å²) in [6, 6.07) is 11.8. The minimum absolute atomic E-state index is 0.644. The van der Waals surface area contributed by atoms with Gasteiger partial charge in [0.2, 0.25) is 0 Å². The molecule has 0 fully saturated rings. The Morgan fingerprint density at radius 3 is 2.83 bits per heavy atom. The zero-order valence-electron chi connectivity index (χ0n) is 9.77. The molecule has 1 heterocycles. The molecule has 0 radical (unpaired) electrons. The summed E-state index contributed by atoms with van der Waals surface area (Å²) in [5, 5.41) is 1.52. The van der Waals surface area contributed by atoms with E-state index in [4.69, 9.17) is 17.3 Å². The highest BCUT2D eigenvalue weighted by Crippen LogP contribution is 2.37. The van der Waals surface area contributed by atoms with Gasteiger partial charge in [-0.3, -0.25) is 0 Å². The average Bonchev–Trinajstić information content (AvgIpc) is 2.71. The van der Waals surface area contributed by atoms with Crippen molar-refractivity contribution in [2.45, 2.75) is 6.92 Å². The normalized spacial score (nSPS) is 11.0. The molecule has 0 aliphatic carbocycles. The standard InChI is InChI=1S/C14H11ClN2S/c1-8-5-6-12-11(7-8)17-14(18-12)13-9(15)3-2-4-10(13)16/h2-7H,16H2,1H3. The second kappa shape index (κ2) is 4.26. The number of nitrogens with two attached hydrogens (primary N) is 1. The van der Waals surface area contributed by atoms with E-state index in [-0.39, 0.29) is 0 Å². The topological polar surface area (TPSA) is 38.9 Å². The van der Waals surface area contributed by atoms with E-state index in [1.807, 2.05) is 18.2 Å². The summed E-state index contributed by atoms with van der Waals surface area (Å²) in [5.41, 5.74) is 9.68. The van der Waals surface area contributed by atoms with Crippen LogP contribution in [0.1, 0.15) is 5.56 Å². The zero-order valence-corrected chi connectivity index (χ0v) is 11.3. The van der Waals surface area contributed by atoms with Gasteiger partial charge in [-0.25, -0.2) is 4.98 Å². The second-order valence-electron chi connectivity index (χ2n) is 4.19. The molecule has 0 spiro atoms. The van der Waals surface area contributed by atoms with Crippen molar-refractivity contribution in [3.63, 3.8) is 0 Å². The maximum Gasteiger partial charge on any atom is 0.128 e. The molecule has 0 atom stereocenters. The number of benzene rings is 2. The first-order valence-corrected chi connectivity index (χ1v) is 6.76. The number of aryl methyl sites for hydroxylation is 1. The highest BCUT2D eigenvalue weighted by atomic mass is 35.5. The third kappa shape index (κ3) is 1.85. The number of rotatable bonds is 1. The van der Waals surface area contributed by atoms with Gasteiger partial charge in [0.25, 0.3) is 0 Å². The van der Waals surface area contributed by atoms with Crippen molar-refractivity contribution in [3.8, 4) is 10.6 Å². The molecule has 0 unspecified atom stereocenters. The smallest absolute Gasteiger partial charge is 0.128 e. The molecule has 0 saturated heterocycles. The van der Waals surface area contributed by atoms with Crippen LogP contribution < -0.4 is 5.73 Å². The number of aromatic nitrogens is 1. The van der Waals surface area contributed by atoms with Crippen LogP contribution in [0.5, 0.6) is 0 Å². The molecule has 2 N–H and O–H groups in total. The number of hydrogen-bond donors (Lipinski definition) is 1. The molecule has 0 amide bonds. The minimum Gasteiger partial charge on any atom is -0.398 e. The Bertz CT molecular complexity index is 713. The van der Waals surface area contributed by atoms with Gasteiger partial charge in [-0.1, -0.05) is 23.7 Å². The van der Waals surface area contributed by atoms with Gasteiger partial charge in [0.15, 0.2) is 0 Å². The van der Waals surface area contributed by atoms with Crippen molar-refractivity contribution >= 4 is 38.8 Å². The molecule has 0 aliphatic heterocycles. The van der Waals surface area contributed by atoms with Crippen LogP contribution in [0, 0.1) is 6.92 Å². The number of nitrogen functional groups attached to an aromatic ring is 1. The molecule has 18 heavy (non-hydrogen) atoms. The SMILES string of the molecule is Cc1ccc2sc(-c3c(N)cccc3Cl)nc2c1. The third-order valence-corrected chi connectivity index (χ3v) is 4.17. The summed E-state index contributed by atoms with van der Waals surface area (Å²) in [6.07, 6.45) is 0. The fourth-order valence-electron chi connectivity index (χ4n) is 1.91. The fraction of sp³-hybridized carbons (Fsp3) is 0.0714. The summed E-state index contributed by atoms with van der Waals surface area (Å²) in [6.45, 7) is 2.06. The van der Waals surface area contributed by atoms with Crippen molar-refractivity contribution in [1.82, 2.24) is 4.98 Å². The number of thiazole rings is 1. The molecule has 2 aromatic carbocycles. The van der Waals surface area contributed by atoms with E-state index in [1.165, 1.54) is 5.56 Å². The fourth-order valence-corrected chi connectivity index (χ4v) is 3.27. The first-order chi connectivity index (χ1) is 8.65. The quantitative estimate of drug-likeness (QED) is 0.663. The second-order valence-corrected chi connectivity index (χ2v) is 5.63. The Kier molecular flexibility index (Phi) is 2.73. The average molecular weight is 275 g/mol. The molecule has 90 valence electrons. The van der Waals surface area contributed by atoms with E-state index in [1.54, 1.807) is 11.3 Å². The number of anilines is 1. The number of fused-ring (bicyclic) bond motifs is 1. The van der Waals surface area contributed by atoms with Crippen LogP contribution in [0.2, 0.25) is 5.02 Å². The van der Waals surface area contributed by atoms with Crippen LogP contribution in [0.3, 0.4) is 0 Å².